The molecule has 0 aromatic carbocycles. The van der Waals surface area contributed by atoms with Crippen LogP contribution in [0.3, 0.4) is 0 Å². The fraction of sp³-hybridized carbons (Fsp3) is 0.636. The van der Waals surface area contributed by atoms with Crippen molar-refractivity contribution in [3.63, 3.8) is 0 Å². The fourth-order valence-corrected chi connectivity index (χ4v) is 11.0. The van der Waals surface area contributed by atoms with Gasteiger partial charge in [0.05, 0.1) is 36.2 Å². The Hall–Kier alpha value is -4.60. The van der Waals surface area contributed by atoms with Gasteiger partial charge in [0.1, 0.15) is 11.7 Å². The number of carbonyl (C=O) groups excluding carboxylic acids is 2. The molecule has 0 spiro atoms. The normalized spacial score (nSPS) is 21.1. The molecule has 10 heteroatoms. The van der Waals surface area contributed by atoms with Crippen LogP contribution in [-0.2, 0) is 19.1 Å². The van der Waals surface area contributed by atoms with E-state index in [0.717, 1.165) is 87.0 Å². The first kappa shape index (κ1) is 49.8. The van der Waals surface area contributed by atoms with Gasteiger partial charge >= 0.3 is 11.9 Å². The topological polar surface area (TPSA) is 150 Å². The van der Waals surface area contributed by atoms with Crippen molar-refractivity contribution in [1.29, 1.82) is 0 Å². The van der Waals surface area contributed by atoms with E-state index in [9.17, 15) is 19.8 Å². The molecule has 5 heterocycles. The number of hydrogen-bond donors (Lipinski definition) is 4. The summed E-state index contributed by atoms with van der Waals surface area (Å²) in [6.07, 6.45) is 13.9. The number of nitrogens with one attached hydrogen (secondary N) is 2. The third-order valence-electron chi connectivity index (χ3n) is 15.3. The molecule has 3 aromatic rings. The molecule has 0 radical (unpaired) electrons. The Morgan fingerprint density at radius 2 is 1.31 bits per heavy atom. The van der Waals surface area contributed by atoms with Crippen LogP contribution in [0.5, 0.6) is 0 Å². The van der Waals surface area contributed by atoms with Gasteiger partial charge in [0.15, 0.2) is 0 Å². The molecule has 65 heavy (non-hydrogen) atoms. The second kappa shape index (κ2) is 21.8. The molecule has 1 unspecified atom stereocenters. The number of nitrogens with zero attached hydrogens (tertiary/aromatic N) is 2. The van der Waals surface area contributed by atoms with Gasteiger partial charge in [0.2, 0.25) is 0 Å². The number of carbonyl (C=O) groups is 2. The lowest BCUT2D eigenvalue weighted by atomic mass is 9.84. The van der Waals surface area contributed by atoms with Crippen molar-refractivity contribution >= 4 is 45.5 Å². The van der Waals surface area contributed by atoms with E-state index in [0.29, 0.717) is 40.9 Å². The summed E-state index contributed by atoms with van der Waals surface area (Å²) < 4.78 is 11.2. The highest BCUT2D eigenvalue weighted by Crippen LogP contribution is 2.46. The summed E-state index contributed by atoms with van der Waals surface area (Å²) in [6, 6.07) is 6.14. The van der Waals surface area contributed by atoms with Gasteiger partial charge in [0, 0.05) is 74.2 Å². The molecular formula is C55H80N4O6. The number of aromatic amines is 2. The standard InChI is InChI=1S/C55H80N4O6/c1-13-39-34(7)41-29-46-48(38(11)60)36(9)43(57-46)27-42-35(8)40(52(58-42)50-51(55(63)64-12)54(62)49-37(10)44(59-53(49)50)28-45(39)56-41)23-24-47(61)65-26-25-33(6)22-16-21-32(5)20-15-19-31(4)18-14-17-30(2)3/h27-35,39-40,51,57,59-60,62H,13-26H2,1-12H3/t31-,32-,33?,34+,35-,39+,40-,51+/m0/s1. The number of H-pyrrole nitrogens is 2. The van der Waals surface area contributed by atoms with Crippen LogP contribution in [0.4, 0.5) is 0 Å². The first-order chi connectivity index (χ1) is 30.9. The number of aryl methyl sites for hydroxylation is 2. The lowest BCUT2D eigenvalue weighted by molar-refractivity contribution is -0.144. The van der Waals surface area contributed by atoms with Gasteiger partial charge in [-0.3, -0.25) is 19.6 Å². The van der Waals surface area contributed by atoms with Gasteiger partial charge in [-0.2, -0.15) is 0 Å². The minimum Gasteiger partial charge on any atom is -0.512 e. The highest BCUT2D eigenvalue weighted by atomic mass is 16.5. The number of aliphatic hydroxyl groups excluding tert-OH is 2. The SMILES string of the molecule is CC[C@H]1c2cc3[nH]c4c(c5nc(cc6[nH]c(cc(n2)[C@@H]1C)c(=C(C)O)c6C)[C@@H](C)[C@@H]5CCC(=O)OCCC(C)CCC[C@@H](C)CCC[C@@H](C)CCCC(C)C)[C@@H](C(=O)OC)C(O)=c4c3C. The highest BCUT2D eigenvalue weighted by molar-refractivity contribution is 5.96. The van der Waals surface area contributed by atoms with Crippen LogP contribution in [0.2, 0.25) is 0 Å². The second-order valence-electron chi connectivity index (χ2n) is 20.8. The summed E-state index contributed by atoms with van der Waals surface area (Å²) in [4.78, 5) is 44.8. The number of esters is 2. The van der Waals surface area contributed by atoms with E-state index in [2.05, 4.69) is 77.5 Å². The Bertz CT molecular complexity index is 2480. The predicted octanol–water partition coefficient (Wildman–Crippen LogP) is 12.5. The summed E-state index contributed by atoms with van der Waals surface area (Å²) >= 11 is 0. The maximum atomic E-state index is 13.7. The summed E-state index contributed by atoms with van der Waals surface area (Å²) in [5.41, 5.74) is 8.55. The summed E-state index contributed by atoms with van der Waals surface area (Å²) in [6.45, 7) is 24.2. The second-order valence-corrected chi connectivity index (χ2v) is 20.8. The maximum Gasteiger partial charge on any atom is 0.321 e. The highest BCUT2D eigenvalue weighted by Gasteiger charge is 2.42. The molecule has 4 N–H and O–H groups in total. The van der Waals surface area contributed by atoms with Gasteiger partial charge in [0.25, 0.3) is 0 Å². The molecule has 3 aromatic heterocycles. The molecule has 0 fully saturated rings. The van der Waals surface area contributed by atoms with E-state index < -0.39 is 11.9 Å². The van der Waals surface area contributed by atoms with E-state index in [-0.39, 0.29) is 47.6 Å². The zero-order chi connectivity index (χ0) is 47.3. The van der Waals surface area contributed by atoms with Crippen molar-refractivity contribution in [2.75, 3.05) is 13.7 Å². The molecule has 8 bridgehead atoms. The zero-order valence-electron chi connectivity index (χ0n) is 41.7. The number of fused-ring (bicyclic) bond motifs is 8. The fourth-order valence-electron chi connectivity index (χ4n) is 11.0. The monoisotopic (exact) mass is 893 g/mol. The molecule has 0 amide bonds. The Labute approximate surface area is 388 Å². The van der Waals surface area contributed by atoms with E-state index in [1.165, 1.54) is 58.5 Å². The van der Waals surface area contributed by atoms with Crippen LogP contribution < -0.4 is 10.4 Å². The smallest absolute Gasteiger partial charge is 0.321 e. The van der Waals surface area contributed by atoms with E-state index >= 15 is 0 Å². The third-order valence-corrected chi connectivity index (χ3v) is 15.3. The van der Waals surface area contributed by atoms with Crippen molar-refractivity contribution in [2.45, 2.75) is 189 Å². The Morgan fingerprint density at radius 3 is 1.91 bits per heavy atom. The molecule has 2 aliphatic heterocycles. The molecule has 356 valence electrons. The van der Waals surface area contributed by atoms with Gasteiger partial charge < -0.3 is 29.7 Å². The Kier molecular flexibility index (Phi) is 16.7. The molecule has 6 rings (SSSR count). The van der Waals surface area contributed by atoms with Crippen LogP contribution in [0, 0.1) is 37.5 Å². The van der Waals surface area contributed by atoms with E-state index in [1.54, 1.807) is 6.92 Å². The molecular weight excluding hydrogens is 813 g/mol. The van der Waals surface area contributed by atoms with Gasteiger partial charge in [-0.05, 0) is 93.0 Å². The van der Waals surface area contributed by atoms with Crippen molar-refractivity contribution in [3.05, 3.63) is 68.1 Å². The Balaban J connectivity index is 1.23. The number of hydrogen-bond acceptors (Lipinski definition) is 8. The first-order valence-corrected chi connectivity index (χ1v) is 25.1. The molecule has 0 saturated heterocycles. The minimum absolute atomic E-state index is 0.0683. The predicted molar refractivity (Wildman–Crippen MR) is 264 cm³/mol. The van der Waals surface area contributed by atoms with Crippen molar-refractivity contribution in [3.8, 4) is 0 Å². The van der Waals surface area contributed by atoms with Crippen molar-refractivity contribution < 1.29 is 29.3 Å². The first-order valence-electron chi connectivity index (χ1n) is 25.1. The van der Waals surface area contributed by atoms with E-state index in [1.807, 2.05) is 19.9 Å². The quantitative estimate of drug-likeness (QED) is 0.0819. The van der Waals surface area contributed by atoms with Crippen LogP contribution in [0.15, 0.2) is 18.2 Å². The molecule has 0 saturated carbocycles. The largest absolute Gasteiger partial charge is 0.512 e. The molecule has 3 aliphatic rings. The molecule has 8 atom stereocenters. The summed E-state index contributed by atoms with van der Waals surface area (Å²) in [5, 5.41) is 24.2. The molecule has 1 aliphatic carbocycles. The lowest BCUT2D eigenvalue weighted by Crippen LogP contribution is -2.18. The zero-order valence-corrected chi connectivity index (χ0v) is 41.7. The van der Waals surface area contributed by atoms with Gasteiger partial charge in [-0.15, -0.1) is 0 Å². The average Bonchev–Trinajstić information content (AvgIpc) is 4.00. The van der Waals surface area contributed by atoms with Gasteiger partial charge in [-0.25, -0.2) is 0 Å². The van der Waals surface area contributed by atoms with E-state index in [4.69, 9.17) is 19.4 Å². The van der Waals surface area contributed by atoms with Crippen LogP contribution >= 0.6 is 0 Å². The number of methoxy groups -OCH3 is 1. The Morgan fingerprint density at radius 1 is 0.754 bits per heavy atom. The van der Waals surface area contributed by atoms with Crippen LogP contribution in [0.1, 0.15) is 215 Å². The van der Waals surface area contributed by atoms with Crippen molar-refractivity contribution in [2.24, 2.45) is 23.7 Å². The number of aromatic nitrogens is 4. The number of aliphatic hydroxyl groups is 2. The van der Waals surface area contributed by atoms with Crippen LogP contribution in [0.25, 0.3) is 33.6 Å². The lowest BCUT2D eigenvalue weighted by Gasteiger charge is -2.19. The number of rotatable bonds is 20. The minimum atomic E-state index is -1.08. The molecule has 10 nitrogen and oxygen atoms in total. The number of ether oxygens (including phenoxy) is 2. The average molecular weight is 893 g/mol. The van der Waals surface area contributed by atoms with Crippen molar-refractivity contribution in [1.82, 2.24) is 19.9 Å². The maximum absolute atomic E-state index is 13.7. The third kappa shape index (κ3) is 11.2. The van der Waals surface area contributed by atoms with Crippen LogP contribution in [-0.4, -0.2) is 55.8 Å². The van der Waals surface area contributed by atoms with Gasteiger partial charge in [-0.1, -0.05) is 113 Å². The summed E-state index contributed by atoms with van der Waals surface area (Å²) in [7, 11) is 1.33. The summed E-state index contributed by atoms with van der Waals surface area (Å²) in [5.74, 6) is 0.918.